The zero-order chi connectivity index (χ0) is 22.2. The summed E-state index contributed by atoms with van der Waals surface area (Å²) in [6.07, 6.45) is 2.04. The minimum atomic E-state index is -0.665. The third-order valence-corrected chi connectivity index (χ3v) is 5.04. The van der Waals surface area contributed by atoms with E-state index in [0.29, 0.717) is 18.8 Å². The number of ether oxygens (including phenoxy) is 1. The van der Waals surface area contributed by atoms with Gasteiger partial charge >= 0.3 is 5.97 Å². The lowest BCUT2D eigenvalue weighted by Gasteiger charge is -2.15. The Kier molecular flexibility index (Phi) is 6.88. The molecule has 0 amide bonds. The van der Waals surface area contributed by atoms with Crippen molar-refractivity contribution in [3.63, 3.8) is 0 Å². The quantitative estimate of drug-likeness (QED) is 0.282. The van der Waals surface area contributed by atoms with Gasteiger partial charge in [0, 0.05) is 29.2 Å². The van der Waals surface area contributed by atoms with Crippen molar-refractivity contribution in [3.05, 3.63) is 114 Å². The Morgan fingerprint density at radius 3 is 2.06 bits per heavy atom. The van der Waals surface area contributed by atoms with E-state index in [-0.39, 0.29) is 5.97 Å². The number of hydrogen-bond donors (Lipinski definition) is 0. The van der Waals surface area contributed by atoms with Crippen LogP contribution in [0.4, 0.5) is 0 Å². The van der Waals surface area contributed by atoms with Crippen LogP contribution in [0.2, 0.25) is 0 Å². The Morgan fingerprint density at radius 1 is 0.906 bits per heavy atom. The minimum absolute atomic E-state index is 0.307. The van der Waals surface area contributed by atoms with Gasteiger partial charge in [-0.05, 0) is 12.5 Å². The van der Waals surface area contributed by atoms with E-state index in [4.69, 9.17) is 14.3 Å². The van der Waals surface area contributed by atoms with Gasteiger partial charge < -0.3 is 9.26 Å². The lowest BCUT2D eigenvalue weighted by Crippen LogP contribution is -2.26. The van der Waals surface area contributed by atoms with Gasteiger partial charge in [-0.1, -0.05) is 90.1 Å². The predicted octanol–water partition coefficient (Wildman–Crippen LogP) is 5.35. The standard InChI is InChI=1S/C27H24N2O3/c1-2-31-27(30)24(19-20-13-15-21(16-14-20)25-17-18-28-32-25)29-26(22-9-5-3-6-10-22)23-11-7-4-8-12-23/h3-18,24H,2,19H2,1H3/t24-/m0/s1. The number of benzene rings is 3. The molecule has 32 heavy (non-hydrogen) atoms. The highest BCUT2D eigenvalue weighted by molar-refractivity contribution is 6.13. The fourth-order valence-electron chi connectivity index (χ4n) is 3.48. The predicted molar refractivity (Wildman–Crippen MR) is 125 cm³/mol. The highest BCUT2D eigenvalue weighted by atomic mass is 16.5. The van der Waals surface area contributed by atoms with Crippen LogP contribution in [0.25, 0.3) is 11.3 Å². The molecule has 0 aliphatic carbocycles. The van der Waals surface area contributed by atoms with Gasteiger partial charge in [-0.2, -0.15) is 0 Å². The van der Waals surface area contributed by atoms with Crippen LogP contribution in [0, 0.1) is 0 Å². The number of aromatic nitrogens is 1. The number of esters is 1. The molecule has 160 valence electrons. The second-order valence-corrected chi connectivity index (χ2v) is 7.26. The number of rotatable bonds is 8. The van der Waals surface area contributed by atoms with Gasteiger partial charge in [0.2, 0.25) is 0 Å². The molecule has 0 aliphatic rings. The van der Waals surface area contributed by atoms with Crippen molar-refractivity contribution in [3.8, 4) is 11.3 Å². The van der Waals surface area contributed by atoms with Crippen LogP contribution >= 0.6 is 0 Å². The van der Waals surface area contributed by atoms with E-state index in [9.17, 15) is 4.79 Å². The molecular weight excluding hydrogens is 400 g/mol. The van der Waals surface area contributed by atoms with Gasteiger partial charge in [0.25, 0.3) is 0 Å². The van der Waals surface area contributed by atoms with Crippen LogP contribution in [0.15, 0.2) is 107 Å². The highest BCUT2D eigenvalue weighted by Crippen LogP contribution is 2.21. The summed E-state index contributed by atoms with van der Waals surface area (Å²) >= 11 is 0. The highest BCUT2D eigenvalue weighted by Gasteiger charge is 2.21. The Hall–Kier alpha value is -3.99. The number of hydrogen-bond acceptors (Lipinski definition) is 5. The molecule has 0 saturated heterocycles. The normalized spacial score (nSPS) is 11.5. The summed E-state index contributed by atoms with van der Waals surface area (Å²) in [6, 6.07) is 28.8. The molecule has 0 spiro atoms. The maximum atomic E-state index is 12.8. The largest absolute Gasteiger partial charge is 0.464 e. The van der Waals surface area contributed by atoms with Crippen LogP contribution in [-0.2, 0) is 16.0 Å². The second kappa shape index (κ2) is 10.4. The van der Waals surface area contributed by atoms with E-state index >= 15 is 0 Å². The molecular formula is C27H24N2O3. The van der Waals surface area contributed by atoms with Crippen LogP contribution in [0.1, 0.15) is 23.6 Å². The number of nitrogens with zero attached hydrogens (tertiary/aromatic N) is 2. The van der Waals surface area contributed by atoms with E-state index in [1.165, 1.54) is 0 Å². The third-order valence-electron chi connectivity index (χ3n) is 5.04. The van der Waals surface area contributed by atoms with E-state index in [0.717, 1.165) is 28.0 Å². The molecule has 5 nitrogen and oxygen atoms in total. The molecule has 0 unspecified atom stereocenters. The molecule has 4 rings (SSSR count). The summed E-state index contributed by atoms with van der Waals surface area (Å²) < 4.78 is 10.6. The lowest BCUT2D eigenvalue weighted by atomic mass is 10.00. The molecule has 1 aromatic heterocycles. The Balaban J connectivity index is 1.68. The molecule has 0 bridgehead atoms. The minimum Gasteiger partial charge on any atom is -0.464 e. The Morgan fingerprint density at radius 2 is 1.53 bits per heavy atom. The maximum Gasteiger partial charge on any atom is 0.331 e. The van der Waals surface area contributed by atoms with Gasteiger partial charge in [0.05, 0.1) is 18.5 Å². The van der Waals surface area contributed by atoms with Crippen molar-refractivity contribution in [1.82, 2.24) is 5.16 Å². The fourth-order valence-corrected chi connectivity index (χ4v) is 3.48. The van der Waals surface area contributed by atoms with Gasteiger partial charge in [0.1, 0.15) is 0 Å². The van der Waals surface area contributed by atoms with Crippen LogP contribution in [0.5, 0.6) is 0 Å². The van der Waals surface area contributed by atoms with Gasteiger partial charge in [0.15, 0.2) is 11.8 Å². The van der Waals surface area contributed by atoms with Crippen LogP contribution < -0.4 is 0 Å². The average molecular weight is 425 g/mol. The number of carbonyl (C=O) groups is 1. The molecule has 1 heterocycles. The molecule has 0 radical (unpaired) electrons. The SMILES string of the molecule is CCOC(=O)[C@H](Cc1ccc(-c2ccno2)cc1)N=C(c1ccccc1)c1ccccc1. The molecule has 0 fully saturated rings. The van der Waals surface area contributed by atoms with Crippen molar-refractivity contribution >= 4 is 11.7 Å². The Labute approximate surface area is 187 Å². The zero-order valence-corrected chi connectivity index (χ0v) is 17.8. The smallest absolute Gasteiger partial charge is 0.331 e. The van der Waals surface area contributed by atoms with Gasteiger partial charge in [-0.3, -0.25) is 4.99 Å². The summed E-state index contributed by atoms with van der Waals surface area (Å²) in [5, 5.41) is 3.75. The first kappa shape index (κ1) is 21.2. The molecule has 1 atom stereocenters. The maximum absolute atomic E-state index is 12.8. The molecule has 4 aromatic rings. The first-order valence-corrected chi connectivity index (χ1v) is 10.6. The molecule has 3 aromatic carbocycles. The fraction of sp³-hybridized carbons (Fsp3) is 0.148. The van der Waals surface area contributed by atoms with Crippen molar-refractivity contribution in [2.45, 2.75) is 19.4 Å². The van der Waals surface area contributed by atoms with Crippen molar-refractivity contribution in [2.24, 2.45) is 4.99 Å². The van der Waals surface area contributed by atoms with E-state index in [2.05, 4.69) is 5.16 Å². The summed E-state index contributed by atoms with van der Waals surface area (Å²) in [6.45, 7) is 2.11. The lowest BCUT2D eigenvalue weighted by molar-refractivity contribution is -0.144. The number of aliphatic imine (C=N–C) groups is 1. The Bertz CT molecular complexity index is 1110. The van der Waals surface area contributed by atoms with Crippen LogP contribution in [-0.4, -0.2) is 29.5 Å². The third kappa shape index (κ3) is 5.19. The van der Waals surface area contributed by atoms with E-state index < -0.39 is 6.04 Å². The van der Waals surface area contributed by atoms with Crippen molar-refractivity contribution < 1.29 is 14.1 Å². The topological polar surface area (TPSA) is 64.7 Å². The second-order valence-electron chi connectivity index (χ2n) is 7.26. The monoisotopic (exact) mass is 424 g/mol. The molecule has 0 N–H and O–H groups in total. The first-order valence-electron chi connectivity index (χ1n) is 10.6. The van der Waals surface area contributed by atoms with Crippen molar-refractivity contribution in [1.29, 1.82) is 0 Å². The van der Waals surface area contributed by atoms with Gasteiger partial charge in [-0.15, -0.1) is 0 Å². The molecule has 0 saturated carbocycles. The molecule has 5 heteroatoms. The first-order chi connectivity index (χ1) is 15.7. The van der Waals surface area contributed by atoms with E-state index in [1.54, 1.807) is 13.1 Å². The number of carbonyl (C=O) groups excluding carboxylic acids is 1. The average Bonchev–Trinajstić information content (AvgIpc) is 3.38. The summed E-state index contributed by atoms with van der Waals surface area (Å²) in [4.78, 5) is 17.8. The molecule has 0 aliphatic heterocycles. The summed E-state index contributed by atoms with van der Waals surface area (Å²) in [5.41, 5.74) is 4.58. The summed E-state index contributed by atoms with van der Waals surface area (Å²) in [5.74, 6) is 0.364. The van der Waals surface area contributed by atoms with E-state index in [1.807, 2.05) is 91.0 Å². The summed E-state index contributed by atoms with van der Waals surface area (Å²) in [7, 11) is 0. The van der Waals surface area contributed by atoms with Gasteiger partial charge in [-0.25, -0.2) is 4.79 Å². The van der Waals surface area contributed by atoms with Crippen molar-refractivity contribution in [2.75, 3.05) is 6.61 Å². The zero-order valence-electron chi connectivity index (χ0n) is 17.8. The van der Waals surface area contributed by atoms with Crippen LogP contribution in [0.3, 0.4) is 0 Å².